The van der Waals surface area contributed by atoms with E-state index < -0.39 is 5.60 Å². The molecule has 4 heteroatoms. The van der Waals surface area contributed by atoms with Crippen molar-refractivity contribution in [3.8, 4) is 0 Å². The van der Waals surface area contributed by atoms with Crippen LogP contribution in [0.5, 0.6) is 0 Å². The van der Waals surface area contributed by atoms with Gasteiger partial charge >= 0.3 is 6.09 Å². The Balaban J connectivity index is 2.19. The molecule has 0 aromatic heterocycles. The first kappa shape index (κ1) is 16.8. The summed E-state index contributed by atoms with van der Waals surface area (Å²) in [6.45, 7) is 6.51. The number of nitrogens with one attached hydrogen (secondary N) is 1. The van der Waals surface area contributed by atoms with Crippen molar-refractivity contribution in [3.05, 3.63) is 35.9 Å². The fourth-order valence-corrected chi connectivity index (χ4v) is 3.09. The molecule has 2 atom stereocenters. The van der Waals surface area contributed by atoms with E-state index in [1.54, 1.807) is 0 Å². The summed E-state index contributed by atoms with van der Waals surface area (Å²) in [4.78, 5) is 14.5. The Morgan fingerprint density at radius 1 is 1.27 bits per heavy atom. The molecule has 0 aliphatic carbocycles. The zero-order valence-electron chi connectivity index (χ0n) is 14.1. The normalized spacial score (nSPS) is 20.5. The quantitative estimate of drug-likeness (QED) is 0.925. The lowest BCUT2D eigenvalue weighted by molar-refractivity contribution is 0.00498. The minimum atomic E-state index is -0.457. The van der Waals surface area contributed by atoms with Gasteiger partial charge in [0, 0.05) is 6.54 Å². The van der Waals surface area contributed by atoms with Crippen molar-refractivity contribution >= 4 is 6.09 Å². The minimum absolute atomic E-state index is 0.133. The topological polar surface area (TPSA) is 41.6 Å². The van der Waals surface area contributed by atoms with Gasteiger partial charge < -0.3 is 15.0 Å². The van der Waals surface area contributed by atoms with Crippen LogP contribution in [0.4, 0.5) is 4.79 Å². The molecule has 0 radical (unpaired) electrons. The molecule has 1 aliphatic rings. The lowest BCUT2D eigenvalue weighted by atomic mass is 9.91. The summed E-state index contributed by atoms with van der Waals surface area (Å²) >= 11 is 0. The van der Waals surface area contributed by atoms with Crippen molar-refractivity contribution in [2.24, 2.45) is 0 Å². The molecular formula is C18H28N2O2. The Labute approximate surface area is 133 Å². The number of nitrogens with zero attached hydrogens (tertiary/aromatic N) is 1. The maximum atomic E-state index is 12.6. The number of carbonyl (C=O) groups is 1. The second kappa shape index (κ2) is 7.14. The van der Waals surface area contributed by atoms with E-state index in [9.17, 15) is 4.79 Å². The molecule has 22 heavy (non-hydrogen) atoms. The highest BCUT2D eigenvalue weighted by molar-refractivity contribution is 5.69. The zero-order valence-corrected chi connectivity index (χ0v) is 14.1. The first-order chi connectivity index (χ1) is 10.4. The smallest absolute Gasteiger partial charge is 0.410 e. The van der Waals surface area contributed by atoms with Gasteiger partial charge in [-0.25, -0.2) is 4.79 Å². The third-order valence-corrected chi connectivity index (χ3v) is 4.03. The van der Waals surface area contributed by atoms with Crippen LogP contribution < -0.4 is 5.32 Å². The third-order valence-electron chi connectivity index (χ3n) is 4.03. The Kier molecular flexibility index (Phi) is 5.46. The molecule has 0 bridgehead atoms. The second-order valence-electron chi connectivity index (χ2n) is 6.91. The Hall–Kier alpha value is -1.55. The maximum absolute atomic E-state index is 12.6. The van der Waals surface area contributed by atoms with E-state index in [4.69, 9.17) is 4.74 Å². The molecule has 122 valence electrons. The summed E-state index contributed by atoms with van der Waals surface area (Å²) in [5.74, 6) is 0. The number of hydrogen-bond acceptors (Lipinski definition) is 3. The van der Waals surface area contributed by atoms with Crippen molar-refractivity contribution < 1.29 is 9.53 Å². The van der Waals surface area contributed by atoms with Crippen molar-refractivity contribution in [1.29, 1.82) is 0 Å². The summed E-state index contributed by atoms with van der Waals surface area (Å²) < 4.78 is 5.60. The van der Waals surface area contributed by atoms with E-state index in [1.807, 2.05) is 50.9 Å². The number of amides is 1. The predicted molar refractivity (Wildman–Crippen MR) is 88.8 cm³/mol. The molecule has 1 amide bonds. The van der Waals surface area contributed by atoms with Crippen LogP contribution >= 0.6 is 0 Å². The van der Waals surface area contributed by atoms with Gasteiger partial charge in [-0.15, -0.1) is 0 Å². The van der Waals surface area contributed by atoms with Gasteiger partial charge in [0.25, 0.3) is 0 Å². The largest absolute Gasteiger partial charge is 0.444 e. The number of likely N-dealkylation sites (N-methyl/N-ethyl adjacent to an activating group) is 1. The predicted octanol–water partition coefficient (Wildman–Crippen LogP) is 3.74. The average Bonchev–Trinajstić information content (AvgIpc) is 2.48. The maximum Gasteiger partial charge on any atom is 0.410 e. The van der Waals surface area contributed by atoms with Gasteiger partial charge in [0.1, 0.15) is 5.60 Å². The molecule has 4 nitrogen and oxygen atoms in total. The molecule has 1 fully saturated rings. The molecule has 1 aromatic rings. The Morgan fingerprint density at radius 3 is 2.55 bits per heavy atom. The standard InChI is InChI=1S/C18H28N2O2/c1-18(2,3)22-17(21)20-13-9-8-12-15(20)16(19-4)14-10-6-5-7-11-14/h5-7,10-11,15-16,19H,8-9,12-13H2,1-4H3/t15-,16+/m0/s1. The number of carbonyl (C=O) groups excluding carboxylic acids is 1. The number of rotatable bonds is 3. The van der Waals surface area contributed by atoms with Crippen LogP contribution in [-0.2, 0) is 4.74 Å². The number of likely N-dealkylation sites (tertiary alicyclic amines) is 1. The van der Waals surface area contributed by atoms with E-state index in [0.717, 1.165) is 25.8 Å². The molecule has 1 N–H and O–H groups in total. The highest BCUT2D eigenvalue weighted by atomic mass is 16.6. The fraction of sp³-hybridized carbons (Fsp3) is 0.611. The van der Waals surface area contributed by atoms with Crippen LogP contribution in [0.3, 0.4) is 0 Å². The molecule has 1 saturated heterocycles. The first-order valence-electron chi connectivity index (χ1n) is 8.14. The average molecular weight is 304 g/mol. The van der Waals surface area contributed by atoms with E-state index in [0.29, 0.717) is 0 Å². The summed E-state index contributed by atoms with van der Waals surface area (Å²) in [6.07, 6.45) is 2.99. The Morgan fingerprint density at radius 2 is 1.95 bits per heavy atom. The van der Waals surface area contributed by atoms with E-state index in [2.05, 4.69) is 17.4 Å². The first-order valence-corrected chi connectivity index (χ1v) is 8.14. The SMILES string of the molecule is CN[C@H](c1ccccc1)[C@@H]1CCCCN1C(=O)OC(C)(C)C. The molecule has 1 aliphatic heterocycles. The van der Waals surface area contributed by atoms with E-state index in [1.165, 1.54) is 5.56 Å². The van der Waals surface area contributed by atoms with Gasteiger partial charge in [0.2, 0.25) is 0 Å². The van der Waals surface area contributed by atoms with Crippen molar-refractivity contribution in [3.63, 3.8) is 0 Å². The number of ether oxygens (including phenoxy) is 1. The third kappa shape index (κ3) is 4.23. The van der Waals surface area contributed by atoms with Gasteiger partial charge in [0.15, 0.2) is 0 Å². The van der Waals surface area contributed by atoms with Gasteiger partial charge in [-0.05, 0) is 52.6 Å². The van der Waals surface area contributed by atoms with Gasteiger partial charge in [0.05, 0.1) is 12.1 Å². The van der Waals surface area contributed by atoms with Crippen LogP contribution in [0, 0.1) is 0 Å². The summed E-state index contributed by atoms with van der Waals surface area (Å²) in [7, 11) is 1.96. The van der Waals surface area contributed by atoms with E-state index >= 15 is 0 Å². The lowest BCUT2D eigenvalue weighted by Crippen LogP contribution is -2.51. The number of piperidine rings is 1. The van der Waals surface area contributed by atoms with Crippen LogP contribution in [-0.4, -0.2) is 36.2 Å². The molecule has 2 rings (SSSR count). The molecule has 0 spiro atoms. The summed E-state index contributed by atoms with van der Waals surface area (Å²) in [5, 5.41) is 3.39. The van der Waals surface area contributed by atoms with Crippen LogP contribution in [0.25, 0.3) is 0 Å². The zero-order chi connectivity index (χ0) is 16.2. The molecular weight excluding hydrogens is 276 g/mol. The van der Waals surface area contributed by atoms with Crippen molar-refractivity contribution in [2.75, 3.05) is 13.6 Å². The van der Waals surface area contributed by atoms with Gasteiger partial charge in [-0.3, -0.25) is 0 Å². The minimum Gasteiger partial charge on any atom is -0.444 e. The van der Waals surface area contributed by atoms with E-state index in [-0.39, 0.29) is 18.2 Å². The molecule has 1 aromatic carbocycles. The van der Waals surface area contributed by atoms with Crippen LogP contribution in [0.2, 0.25) is 0 Å². The second-order valence-corrected chi connectivity index (χ2v) is 6.91. The number of benzene rings is 1. The van der Waals surface area contributed by atoms with Crippen molar-refractivity contribution in [2.45, 2.75) is 57.7 Å². The van der Waals surface area contributed by atoms with Crippen molar-refractivity contribution in [1.82, 2.24) is 10.2 Å². The van der Waals surface area contributed by atoms with Crippen LogP contribution in [0.15, 0.2) is 30.3 Å². The molecule has 0 unspecified atom stereocenters. The van der Waals surface area contributed by atoms with Gasteiger partial charge in [-0.1, -0.05) is 30.3 Å². The summed E-state index contributed by atoms with van der Waals surface area (Å²) in [6, 6.07) is 10.6. The number of hydrogen-bond donors (Lipinski definition) is 1. The monoisotopic (exact) mass is 304 g/mol. The Bertz CT molecular complexity index is 482. The van der Waals surface area contributed by atoms with Gasteiger partial charge in [-0.2, -0.15) is 0 Å². The lowest BCUT2D eigenvalue weighted by Gasteiger charge is -2.41. The van der Waals surface area contributed by atoms with Crippen LogP contribution in [0.1, 0.15) is 51.6 Å². The molecule has 1 heterocycles. The summed E-state index contributed by atoms with van der Waals surface area (Å²) in [5.41, 5.74) is 0.756. The fourth-order valence-electron chi connectivity index (χ4n) is 3.09. The molecule has 0 saturated carbocycles. The highest BCUT2D eigenvalue weighted by Crippen LogP contribution is 2.29. The highest BCUT2D eigenvalue weighted by Gasteiger charge is 2.35.